The Kier molecular flexibility index (Phi) is 7.26. The first-order valence-corrected chi connectivity index (χ1v) is 8.67. The van der Waals surface area contributed by atoms with Crippen molar-refractivity contribution in [1.82, 2.24) is 0 Å². The van der Waals surface area contributed by atoms with Gasteiger partial charge in [-0.15, -0.1) is 11.6 Å². The average molecular weight is 207 g/mol. The van der Waals surface area contributed by atoms with E-state index in [9.17, 15) is 0 Å². The summed E-state index contributed by atoms with van der Waals surface area (Å²) in [5.74, 6) is 0.860. The summed E-state index contributed by atoms with van der Waals surface area (Å²) < 4.78 is 0. The van der Waals surface area contributed by atoms with E-state index in [4.69, 9.17) is 11.6 Å². The number of hydrogen-bond acceptors (Lipinski definition) is 0. The molecule has 0 aliphatic carbocycles. The van der Waals surface area contributed by atoms with Crippen LogP contribution >= 0.6 is 11.6 Å². The zero-order valence-corrected chi connectivity index (χ0v) is 10.6. The molecule has 0 aromatic heterocycles. The van der Waals surface area contributed by atoms with Gasteiger partial charge >= 0.3 is 0 Å². The lowest BCUT2D eigenvalue weighted by Gasteiger charge is -2.28. The zero-order valence-electron chi connectivity index (χ0n) is 8.83. The highest BCUT2D eigenvalue weighted by atomic mass is 35.5. The largest absolute Gasteiger partial charge is 0.127 e. The van der Waals surface area contributed by atoms with Gasteiger partial charge in [0.15, 0.2) is 0 Å². The van der Waals surface area contributed by atoms with Crippen LogP contribution in [0.4, 0.5) is 0 Å². The van der Waals surface area contributed by atoms with Crippen molar-refractivity contribution in [2.75, 3.05) is 5.88 Å². The lowest BCUT2D eigenvalue weighted by Crippen LogP contribution is -2.31. The van der Waals surface area contributed by atoms with Crippen LogP contribution in [-0.4, -0.2) is 14.0 Å². The molecule has 0 rings (SSSR count). The summed E-state index contributed by atoms with van der Waals surface area (Å²) >= 11 is 5.74. The van der Waals surface area contributed by atoms with Crippen LogP contribution in [0.25, 0.3) is 0 Å². The van der Waals surface area contributed by atoms with Crippen LogP contribution in [0.1, 0.15) is 33.6 Å². The van der Waals surface area contributed by atoms with Gasteiger partial charge in [-0.25, -0.2) is 0 Å². The normalized spacial score (nSPS) is 12.0. The molecule has 0 aromatic rings. The molecule has 0 radical (unpaired) electrons. The maximum absolute atomic E-state index is 5.74. The molecule has 0 amide bonds. The third kappa shape index (κ3) is 3.95. The van der Waals surface area contributed by atoms with Crippen LogP contribution in [0.15, 0.2) is 0 Å². The van der Waals surface area contributed by atoms with Gasteiger partial charge in [-0.05, 0) is 6.42 Å². The van der Waals surface area contributed by atoms with E-state index in [-0.39, 0.29) is 0 Å². The lowest BCUT2D eigenvalue weighted by molar-refractivity contribution is 0.946. The fourth-order valence-electron chi connectivity index (χ4n) is 2.05. The molecule has 0 saturated heterocycles. The summed E-state index contributed by atoms with van der Waals surface area (Å²) in [7, 11) is -0.849. The molecule has 0 nitrogen and oxygen atoms in total. The van der Waals surface area contributed by atoms with Gasteiger partial charge in [-0.1, -0.05) is 51.4 Å². The minimum Gasteiger partial charge on any atom is -0.127 e. The van der Waals surface area contributed by atoms with Crippen LogP contribution in [0.3, 0.4) is 0 Å². The van der Waals surface area contributed by atoms with E-state index in [0.29, 0.717) is 0 Å². The molecule has 0 aromatic carbocycles. The highest BCUT2D eigenvalue weighted by Gasteiger charge is 2.26. The van der Waals surface area contributed by atoms with Crippen LogP contribution in [0.2, 0.25) is 24.2 Å². The van der Waals surface area contributed by atoms with E-state index in [0.717, 1.165) is 5.88 Å². The van der Waals surface area contributed by atoms with Gasteiger partial charge in [0.05, 0.1) is 8.07 Å². The third-order valence-electron chi connectivity index (χ3n) is 3.12. The molecule has 0 atom stereocenters. The summed E-state index contributed by atoms with van der Waals surface area (Å²) in [5, 5.41) is 0. The van der Waals surface area contributed by atoms with Crippen molar-refractivity contribution < 1.29 is 0 Å². The standard InChI is InChI=1S/C10H23ClSi/c1-4-9-12(5-2,6-3)10-7-8-11/h4-10H2,1-3H3. The Labute approximate surface area is 83.7 Å². The molecule has 0 aliphatic rings. The fraction of sp³-hybridized carbons (Fsp3) is 1.00. The second-order valence-electron chi connectivity index (χ2n) is 3.75. The van der Waals surface area contributed by atoms with E-state index >= 15 is 0 Å². The SMILES string of the molecule is CCC[Si](CC)(CC)CCCCl. The van der Waals surface area contributed by atoms with Crippen molar-refractivity contribution in [3.63, 3.8) is 0 Å². The maximum Gasteiger partial charge on any atom is 0.0530 e. The second kappa shape index (κ2) is 6.96. The summed E-state index contributed by atoms with van der Waals surface area (Å²) in [6, 6.07) is 5.87. The lowest BCUT2D eigenvalue weighted by atomic mass is 10.6. The molecule has 0 heterocycles. The fourth-order valence-corrected chi connectivity index (χ4v) is 6.56. The molecule has 0 bridgehead atoms. The molecule has 74 valence electrons. The van der Waals surface area contributed by atoms with Crippen molar-refractivity contribution in [3.8, 4) is 0 Å². The van der Waals surface area contributed by atoms with Crippen LogP contribution < -0.4 is 0 Å². The third-order valence-corrected chi connectivity index (χ3v) is 9.36. The van der Waals surface area contributed by atoms with E-state index in [1.807, 2.05) is 0 Å². The first-order valence-electron chi connectivity index (χ1n) is 5.30. The molecule has 2 heteroatoms. The number of alkyl halides is 1. The Morgan fingerprint density at radius 3 is 1.92 bits per heavy atom. The molecule has 12 heavy (non-hydrogen) atoms. The van der Waals surface area contributed by atoms with Crippen molar-refractivity contribution in [3.05, 3.63) is 0 Å². The highest BCUT2D eigenvalue weighted by molar-refractivity contribution is 6.79. The molecule has 0 N–H and O–H groups in total. The minimum atomic E-state index is -0.849. The quantitative estimate of drug-likeness (QED) is 0.425. The van der Waals surface area contributed by atoms with E-state index < -0.39 is 8.07 Å². The molecule has 0 spiro atoms. The van der Waals surface area contributed by atoms with Crippen LogP contribution in [0, 0.1) is 0 Å². The van der Waals surface area contributed by atoms with E-state index in [2.05, 4.69) is 20.8 Å². The molecular weight excluding hydrogens is 184 g/mol. The van der Waals surface area contributed by atoms with Crippen molar-refractivity contribution in [2.24, 2.45) is 0 Å². The number of halogens is 1. The molecule has 0 saturated carbocycles. The molecular formula is C10H23ClSi. The number of hydrogen-bond donors (Lipinski definition) is 0. The summed E-state index contributed by atoms with van der Waals surface area (Å²) in [4.78, 5) is 0. The Morgan fingerprint density at radius 2 is 1.58 bits per heavy atom. The van der Waals surface area contributed by atoms with Crippen LogP contribution in [0.5, 0.6) is 0 Å². The summed E-state index contributed by atoms with van der Waals surface area (Å²) in [6.45, 7) is 7.06. The van der Waals surface area contributed by atoms with E-state index in [1.165, 1.54) is 37.0 Å². The monoisotopic (exact) mass is 206 g/mol. The Morgan fingerprint density at radius 1 is 1.00 bits per heavy atom. The van der Waals surface area contributed by atoms with Crippen molar-refractivity contribution >= 4 is 19.7 Å². The smallest absolute Gasteiger partial charge is 0.0530 e. The van der Waals surface area contributed by atoms with Crippen LogP contribution in [-0.2, 0) is 0 Å². The molecule has 0 aliphatic heterocycles. The molecule has 0 unspecified atom stereocenters. The highest BCUT2D eigenvalue weighted by Crippen LogP contribution is 2.28. The van der Waals surface area contributed by atoms with Gasteiger partial charge in [-0.3, -0.25) is 0 Å². The number of rotatable bonds is 7. The Balaban J connectivity index is 3.95. The summed E-state index contributed by atoms with van der Waals surface area (Å²) in [6.07, 6.45) is 2.62. The maximum atomic E-state index is 5.74. The van der Waals surface area contributed by atoms with E-state index in [1.54, 1.807) is 0 Å². The minimum absolute atomic E-state index is 0.849. The van der Waals surface area contributed by atoms with Gasteiger partial charge < -0.3 is 0 Å². The van der Waals surface area contributed by atoms with Crippen molar-refractivity contribution in [1.29, 1.82) is 0 Å². The molecule has 0 fully saturated rings. The first-order chi connectivity index (χ1) is 5.74. The first kappa shape index (κ1) is 12.5. The zero-order chi connectivity index (χ0) is 9.45. The van der Waals surface area contributed by atoms with Gasteiger partial charge in [0.1, 0.15) is 0 Å². The second-order valence-corrected chi connectivity index (χ2v) is 9.54. The van der Waals surface area contributed by atoms with Gasteiger partial charge in [0.25, 0.3) is 0 Å². The summed E-state index contributed by atoms with van der Waals surface area (Å²) in [5.41, 5.74) is 0. The van der Waals surface area contributed by atoms with Gasteiger partial charge in [0, 0.05) is 5.88 Å². The topological polar surface area (TPSA) is 0 Å². The Bertz CT molecular complexity index is 100. The van der Waals surface area contributed by atoms with Gasteiger partial charge in [0.2, 0.25) is 0 Å². The predicted molar refractivity (Wildman–Crippen MR) is 62.0 cm³/mol. The predicted octanol–water partition coefficient (Wildman–Crippen LogP) is 4.51. The van der Waals surface area contributed by atoms with Gasteiger partial charge in [-0.2, -0.15) is 0 Å². The average Bonchev–Trinajstić information content (AvgIpc) is 2.13. The Hall–Kier alpha value is 0.507. The van der Waals surface area contributed by atoms with Crippen molar-refractivity contribution in [2.45, 2.75) is 57.8 Å².